The molecule has 0 fully saturated rings. The molecule has 0 saturated carbocycles. The summed E-state index contributed by atoms with van der Waals surface area (Å²) in [5.41, 5.74) is 39.5. The van der Waals surface area contributed by atoms with E-state index in [9.17, 15) is 5.48 Å². The number of para-hydroxylation sites is 3. The molecule has 0 atom stereocenters. The summed E-state index contributed by atoms with van der Waals surface area (Å²) >= 11 is 0. The van der Waals surface area contributed by atoms with Crippen LogP contribution in [0.25, 0.3) is 137 Å². The lowest BCUT2D eigenvalue weighted by atomic mass is 9.33. The monoisotopic (exact) mass is 1810 g/mol. The number of fused-ring (bicyclic) bond motifs is 16. The largest absolute Gasteiger partial charge is 0.340 e. The minimum atomic E-state index is -0.303. The third kappa shape index (κ3) is 15.6. The Balaban J connectivity index is 0.822. The van der Waals surface area contributed by atoms with Gasteiger partial charge in [-0.05, 0) is 270 Å². The van der Waals surface area contributed by atoms with E-state index < -0.39 is 0 Å². The Bertz CT molecular complexity index is 8060. The molecule has 2 aliphatic rings. The number of aryl methyl sites for hydroxylation is 2. The van der Waals surface area contributed by atoms with Crippen molar-refractivity contribution in [2.24, 2.45) is 0 Å². The molecule has 0 bridgehead atoms. The summed E-state index contributed by atoms with van der Waals surface area (Å²) in [6.07, 6.45) is 0.474. The van der Waals surface area contributed by atoms with Crippen molar-refractivity contribution in [3.05, 3.63) is 419 Å². The molecule has 17 aromatic carbocycles. The summed E-state index contributed by atoms with van der Waals surface area (Å²) < 4.78 is 49.2. The van der Waals surface area contributed by atoms with Crippen molar-refractivity contribution in [3.8, 4) is 50.2 Å². The van der Waals surface area contributed by atoms with Crippen LogP contribution in [-0.4, -0.2) is 25.0 Å². The van der Waals surface area contributed by atoms with Crippen molar-refractivity contribution in [3.63, 3.8) is 0 Å². The van der Waals surface area contributed by atoms with Crippen LogP contribution < -0.4 is 26.2 Å². The predicted molar refractivity (Wildman–Crippen MR) is 597 cm³/mol. The third-order valence-corrected chi connectivity index (χ3v) is 30.5. The lowest BCUT2D eigenvalue weighted by molar-refractivity contribution is 0.590. The van der Waals surface area contributed by atoms with Crippen LogP contribution in [0.5, 0.6) is 0 Å². The van der Waals surface area contributed by atoms with E-state index in [-0.39, 0.29) is 63.4 Å². The topological polar surface area (TPSA) is 26.2 Å². The zero-order valence-corrected chi connectivity index (χ0v) is 83.8. The molecule has 6 heterocycles. The molecular weight excluding hydrogens is 1680 g/mol. The fraction of sp³-hybridized carbons (Fsp3) is 0.227. The van der Waals surface area contributed by atoms with Gasteiger partial charge < -0.3 is 28.1 Å². The first kappa shape index (κ1) is 83.9. The lowest BCUT2D eigenvalue weighted by Crippen LogP contribution is -2.62. The Kier molecular flexibility index (Phi) is 20.0. The van der Waals surface area contributed by atoms with E-state index in [0.717, 1.165) is 89.0 Å². The quantitative estimate of drug-likeness (QED) is 0.0901. The zero-order chi connectivity index (χ0) is 99.3. The van der Waals surface area contributed by atoms with Crippen LogP contribution in [0.2, 0.25) is 0 Å². The maximum atomic E-state index is 10.2. The van der Waals surface area contributed by atoms with Crippen molar-refractivity contribution >= 4 is 133 Å². The highest BCUT2D eigenvalue weighted by molar-refractivity contribution is 7.00. The minimum Gasteiger partial charge on any atom is -0.340 e. The highest BCUT2D eigenvalue weighted by Crippen LogP contribution is 2.50. The summed E-state index contributed by atoms with van der Waals surface area (Å²) in [6, 6.07) is 127. The van der Waals surface area contributed by atoms with Gasteiger partial charge in [-0.15, -0.1) is 0 Å². The first-order valence-electron chi connectivity index (χ1n) is 52.0. The van der Waals surface area contributed by atoms with Crippen LogP contribution in [0.4, 0.5) is 22.7 Å². The van der Waals surface area contributed by atoms with E-state index in [4.69, 9.17) is 0 Å². The van der Waals surface area contributed by atoms with Crippen molar-refractivity contribution < 1.29 is 5.48 Å². The van der Waals surface area contributed by atoms with Crippen LogP contribution in [0, 0.1) is 0 Å². The van der Waals surface area contributed by atoms with E-state index in [2.05, 4.69) is 486 Å². The van der Waals surface area contributed by atoms with Crippen molar-refractivity contribution in [2.45, 2.75) is 196 Å². The van der Waals surface area contributed by atoms with Gasteiger partial charge >= 0.3 is 0 Å². The molecule has 0 unspecified atom stereocenters. The van der Waals surface area contributed by atoms with Crippen LogP contribution in [0.15, 0.2) is 358 Å². The Hall–Kier alpha value is -14.4. The fourth-order valence-corrected chi connectivity index (χ4v) is 22.7. The van der Waals surface area contributed by atoms with Crippen LogP contribution >= 0.6 is 0 Å². The van der Waals surface area contributed by atoms with Gasteiger partial charge in [-0.1, -0.05) is 373 Å². The molecule has 0 spiro atoms. The van der Waals surface area contributed by atoms with Gasteiger partial charge in [0.1, 0.15) is 0 Å². The first-order chi connectivity index (χ1) is 68.4. The van der Waals surface area contributed by atoms with Gasteiger partial charge in [0.05, 0.1) is 16.5 Å². The minimum absolute atomic E-state index is 0.0544. The first-order valence-corrected chi connectivity index (χ1v) is 50.0. The molecule has 0 radical (unpaired) electrons. The Morgan fingerprint density at radius 3 is 0.935 bits per heavy atom. The number of rotatable bonds is 16. The second kappa shape index (κ2) is 33.2. The average Bonchev–Trinajstić information content (AvgIpc) is 1.49. The number of aromatic nitrogens is 4. The highest BCUT2D eigenvalue weighted by Gasteiger charge is 2.45. The van der Waals surface area contributed by atoms with Gasteiger partial charge in [0.2, 0.25) is 0 Å². The number of anilines is 4. The molecular formula is C132H125BN6. The van der Waals surface area contributed by atoms with Crippen LogP contribution in [0.1, 0.15) is 191 Å². The lowest BCUT2D eigenvalue weighted by Gasteiger charge is -2.45. The van der Waals surface area contributed by atoms with E-state index >= 15 is 0 Å². The second-order valence-electron chi connectivity index (χ2n) is 45.8. The standard InChI is InChI=1S/C132H125BN6/c1-127(2,3)91-53-60-116-105(71-91)106-72-92(128(4,5)6)54-61-117(106)135(116)80-85-51-58-112-122(69-85)137(82-110-101(87-37-23-19-24-38-87)75-95(131(13,14)15)76-102(110)88-39-25-20-26-40-88)124-67-84(65-66-134-114-48-34-31-47-100(114)109-79-97(57-64-115(109)134)139-120-49-35-32-45-98(120)99-46-33-36-50-121(99)139)68-125-126(124)133(112)113-59-52-86(81-136-118-62-55-93(129(7,8)9)73-107(118)108-74-94(130(10,11)12)56-63-119(108)136)70-123(113)138(125)83-111-103(89-41-27-21-28-42-89)77-96(132(16,17)18)78-104(111)90-43-29-22-30-44-90/h19-64,67-79H,65-66,80-83H2,1-18H3/i31D,34D,47D,48D. The van der Waals surface area contributed by atoms with Gasteiger partial charge in [0.15, 0.2) is 0 Å². The molecule has 0 amide bonds. The Morgan fingerprint density at radius 2 is 0.568 bits per heavy atom. The molecule has 21 aromatic rings. The second-order valence-corrected chi connectivity index (χ2v) is 45.8. The summed E-state index contributed by atoms with van der Waals surface area (Å²) in [4.78, 5) is 5.48. The number of nitrogens with zero attached hydrogens (tertiary/aromatic N) is 6. The van der Waals surface area contributed by atoms with Gasteiger partial charge in [-0.3, -0.25) is 0 Å². The predicted octanol–water partition coefficient (Wildman–Crippen LogP) is 32.7. The van der Waals surface area contributed by atoms with E-state index in [1.54, 1.807) is 0 Å². The fourth-order valence-electron chi connectivity index (χ4n) is 22.7. The molecule has 0 saturated heterocycles. The summed E-state index contributed by atoms with van der Waals surface area (Å²) in [5, 5.41) is 8.61. The van der Waals surface area contributed by atoms with Crippen molar-refractivity contribution in [1.29, 1.82) is 0 Å². The molecule has 0 aliphatic carbocycles. The van der Waals surface area contributed by atoms with Crippen LogP contribution in [-0.2, 0) is 71.6 Å². The molecule has 4 aromatic heterocycles. The molecule has 6 nitrogen and oxygen atoms in total. The number of hydrogen-bond donors (Lipinski definition) is 0. The smallest absolute Gasteiger partial charge is 0.252 e. The maximum absolute atomic E-state index is 10.2. The van der Waals surface area contributed by atoms with E-state index in [1.165, 1.54) is 138 Å². The molecule has 7 heteroatoms. The van der Waals surface area contributed by atoms with Gasteiger partial charge in [-0.25, -0.2) is 0 Å². The van der Waals surface area contributed by atoms with Gasteiger partial charge in [0, 0.05) is 137 Å². The molecule has 23 rings (SSSR count). The third-order valence-electron chi connectivity index (χ3n) is 30.5. The van der Waals surface area contributed by atoms with Crippen LogP contribution in [0.3, 0.4) is 0 Å². The van der Waals surface area contributed by atoms with Crippen molar-refractivity contribution in [1.82, 2.24) is 18.3 Å². The van der Waals surface area contributed by atoms with Gasteiger partial charge in [-0.2, -0.15) is 0 Å². The van der Waals surface area contributed by atoms with Gasteiger partial charge in [0.25, 0.3) is 6.71 Å². The SMILES string of the molecule is [2H]c1c([2H])c([2H])c2c(c1[2H])c1cc(-n3c4ccccc4c4ccccc43)ccc1n2CCc1cc2c3c(c1)N(Cc1c(-c4ccccc4)cc(C(C)(C)C)cc1-c1ccccc1)c1cc(Cn4c5ccc(C(C)(C)C)cc5c5cc(C(C)(C)C)ccc54)ccc1B3c1ccc(Cn3c4ccc(C(C)(C)C)cc4c4cc(C(C)(C)C)ccc43)cc1N2Cc1c(-c2ccccc2)cc(C(C)(C)C)cc1-c1ccccc1. The zero-order valence-electron chi connectivity index (χ0n) is 87.8. The molecule has 2 aliphatic heterocycles. The summed E-state index contributed by atoms with van der Waals surface area (Å²) in [6.45, 7) is 44.2. The molecule has 0 N–H and O–H groups in total. The Labute approximate surface area is 826 Å². The van der Waals surface area contributed by atoms with E-state index in [1.807, 2.05) is 0 Å². The molecule has 686 valence electrons. The number of benzene rings is 17. The average molecular weight is 1810 g/mol. The van der Waals surface area contributed by atoms with E-state index in [0.29, 0.717) is 50.0 Å². The summed E-state index contributed by atoms with van der Waals surface area (Å²) in [7, 11) is 0. The van der Waals surface area contributed by atoms with Crippen molar-refractivity contribution in [2.75, 3.05) is 9.80 Å². The Morgan fingerprint density at radius 1 is 0.245 bits per heavy atom. The highest BCUT2D eigenvalue weighted by atomic mass is 15.2. The number of hydrogen-bond acceptors (Lipinski definition) is 2. The normalized spacial score (nSPS) is 13.6. The maximum Gasteiger partial charge on any atom is 0.252 e. The summed E-state index contributed by atoms with van der Waals surface area (Å²) in [5.74, 6) is 0. The molecule has 139 heavy (non-hydrogen) atoms.